The second-order valence-electron chi connectivity index (χ2n) is 4.95. The minimum absolute atomic E-state index is 0.0757. The Balaban J connectivity index is 1.88. The first-order valence-corrected chi connectivity index (χ1v) is 8.04. The van der Waals surface area contributed by atoms with Crippen molar-refractivity contribution in [1.82, 2.24) is 9.55 Å². The molecule has 1 aromatic rings. The molecule has 2 N–H and O–H groups in total. The van der Waals surface area contributed by atoms with Crippen LogP contribution in [0.3, 0.4) is 0 Å². The smallest absolute Gasteiger partial charge is 0.349 e. The Bertz CT molecular complexity index is 711. The van der Waals surface area contributed by atoms with Crippen molar-refractivity contribution in [1.29, 1.82) is 0 Å². The Hall–Kier alpha value is -1.25. The summed E-state index contributed by atoms with van der Waals surface area (Å²) in [5.41, 5.74) is -0.555. The Kier molecular flexibility index (Phi) is 3.62. The van der Waals surface area contributed by atoms with E-state index in [1.165, 1.54) is 10.8 Å². The molecule has 0 spiro atoms. The highest BCUT2D eigenvalue weighted by Gasteiger charge is 2.46. The lowest BCUT2D eigenvalue weighted by Gasteiger charge is -2.26. The average Bonchev–Trinajstić information content (AvgIpc) is 2.80. The zero-order chi connectivity index (χ0) is 15.2. The predicted molar refractivity (Wildman–Crippen MR) is 69.9 cm³/mol. The summed E-state index contributed by atoms with van der Waals surface area (Å²) in [7, 11) is -4.03. The molecule has 2 aliphatic rings. The van der Waals surface area contributed by atoms with Gasteiger partial charge in [0.25, 0.3) is 5.56 Å². The zero-order valence-corrected chi connectivity index (χ0v) is 12.1. The quantitative estimate of drug-likeness (QED) is 0.731. The Labute approximate surface area is 119 Å². The van der Waals surface area contributed by atoms with E-state index in [0.717, 1.165) is 0 Å². The molecule has 0 aromatic carbocycles. The molecule has 10 heteroatoms. The second-order valence-corrected chi connectivity index (χ2v) is 6.35. The number of nitrogens with one attached hydrogen (secondary N) is 1. The van der Waals surface area contributed by atoms with Crippen molar-refractivity contribution >= 4 is 7.82 Å². The molecule has 2 fully saturated rings. The SMILES string of the molecule is CCc1cn([C@H]2CC3OP(=O)(O)OCC3O2)c(=O)[nH]c1=O. The van der Waals surface area contributed by atoms with Crippen molar-refractivity contribution < 1.29 is 23.2 Å². The van der Waals surface area contributed by atoms with E-state index in [0.29, 0.717) is 12.0 Å². The summed E-state index contributed by atoms with van der Waals surface area (Å²) in [6.07, 6.45) is 0.338. The third kappa shape index (κ3) is 2.75. The van der Waals surface area contributed by atoms with Gasteiger partial charge in [-0.3, -0.25) is 23.4 Å². The molecule has 3 unspecified atom stereocenters. The first kappa shape index (κ1) is 14.7. The number of fused-ring (bicyclic) bond motifs is 1. The van der Waals surface area contributed by atoms with Crippen LogP contribution in [0.1, 0.15) is 25.1 Å². The van der Waals surface area contributed by atoms with E-state index in [1.54, 1.807) is 6.92 Å². The maximum absolute atomic E-state index is 11.9. The van der Waals surface area contributed by atoms with Gasteiger partial charge in [0.1, 0.15) is 18.4 Å². The summed E-state index contributed by atoms with van der Waals surface area (Å²) in [5, 5.41) is 0. The van der Waals surface area contributed by atoms with Gasteiger partial charge < -0.3 is 9.63 Å². The fraction of sp³-hybridized carbons (Fsp3) is 0.636. The summed E-state index contributed by atoms with van der Waals surface area (Å²) < 4.78 is 27.9. The summed E-state index contributed by atoms with van der Waals surface area (Å²) in [6, 6.07) is 0. The number of H-pyrrole nitrogens is 1. The van der Waals surface area contributed by atoms with Gasteiger partial charge in [-0.2, -0.15) is 0 Å². The van der Waals surface area contributed by atoms with Crippen LogP contribution in [-0.4, -0.2) is 33.3 Å². The van der Waals surface area contributed by atoms with E-state index in [2.05, 4.69) is 9.51 Å². The maximum Gasteiger partial charge on any atom is 0.472 e. The minimum Gasteiger partial charge on any atom is -0.349 e. The topological polar surface area (TPSA) is 120 Å². The predicted octanol–water partition coefficient (Wildman–Crippen LogP) is -0.0977. The number of nitrogens with zero attached hydrogens (tertiary/aromatic N) is 1. The van der Waals surface area contributed by atoms with Crippen LogP contribution < -0.4 is 11.2 Å². The molecule has 4 atom stereocenters. The lowest BCUT2D eigenvalue weighted by Crippen LogP contribution is -2.34. The number of aromatic nitrogens is 2. The summed E-state index contributed by atoms with van der Waals surface area (Å²) >= 11 is 0. The van der Waals surface area contributed by atoms with Crippen LogP contribution in [0.15, 0.2) is 15.8 Å². The molecule has 2 saturated heterocycles. The highest BCUT2D eigenvalue weighted by molar-refractivity contribution is 7.47. The highest BCUT2D eigenvalue weighted by atomic mass is 31.2. The van der Waals surface area contributed by atoms with Gasteiger partial charge in [0.2, 0.25) is 0 Å². The van der Waals surface area contributed by atoms with Crippen molar-refractivity contribution in [2.24, 2.45) is 0 Å². The number of phosphoric ester groups is 1. The molecule has 0 saturated carbocycles. The van der Waals surface area contributed by atoms with Gasteiger partial charge in [0.15, 0.2) is 0 Å². The Morgan fingerprint density at radius 3 is 2.95 bits per heavy atom. The van der Waals surface area contributed by atoms with E-state index < -0.39 is 37.5 Å². The number of hydrogen-bond acceptors (Lipinski definition) is 6. The third-order valence-corrected chi connectivity index (χ3v) is 4.60. The number of aromatic amines is 1. The van der Waals surface area contributed by atoms with Crippen molar-refractivity contribution in [3.8, 4) is 0 Å². The molecular weight excluding hydrogens is 303 g/mol. The summed E-state index contributed by atoms with van der Waals surface area (Å²) in [4.78, 5) is 34.9. The fourth-order valence-corrected chi connectivity index (χ4v) is 3.45. The van der Waals surface area contributed by atoms with Crippen LogP contribution in [-0.2, 0) is 24.8 Å². The Morgan fingerprint density at radius 2 is 2.24 bits per heavy atom. The molecular formula is C11H15N2O7P. The average molecular weight is 318 g/mol. The first-order chi connectivity index (χ1) is 9.89. The van der Waals surface area contributed by atoms with E-state index in [9.17, 15) is 19.0 Å². The molecule has 1 aromatic heterocycles. The molecule has 9 nitrogen and oxygen atoms in total. The molecule has 0 amide bonds. The molecule has 0 bridgehead atoms. The van der Waals surface area contributed by atoms with E-state index >= 15 is 0 Å². The lowest BCUT2D eigenvalue weighted by molar-refractivity contribution is -0.0680. The molecule has 3 rings (SSSR count). The van der Waals surface area contributed by atoms with Gasteiger partial charge >= 0.3 is 13.5 Å². The number of phosphoric acid groups is 1. The number of ether oxygens (including phenoxy) is 1. The largest absolute Gasteiger partial charge is 0.472 e. The molecule has 21 heavy (non-hydrogen) atoms. The van der Waals surface area contributed by atoms with Crippen molar-refractivity contribution in [3.05, 3.63) is 32.6 Å². The Morgan fingerprint density at radius 1 is 1.48 bits per heavy atom. The minimum atomic E-state index is -4.03. The van der Waals surface area contributed by atoms with Crippen LogP contribution in [0.5, 0.6) is 0 Å². The maximum atomic E-state index is 11.9. The molecule has 3 heterocycles. The molecule has 116 valence electrons. The summed E-state index contributed by atoms with van der Waals surface area (Å²) in [6.45, 7) is 1.72. The normalized spacial score (nSPS) is 35.6. The van der Waals surface area contributed by atoms with Gasteiger partial charge in [-0.25, -0.2) is 9.36 Å². The zero-order valence-electron chi connectivity index (χ0n) is 11.2. The van der Waals surface area contributed by atoms with E-state index in [1.807, 2.05) is 0 Å². The van der Waals surface area contributed by atoms with Gasteiger partial charge in [-0.1, -0.05) is 6.92 Å². The fourth-order valence-electron chi connectivity index (χ4n) is 2.49. The van der Waals surface area contributed by atoms with Crippen molar-refractivity contribution in [2.75, 3.05) is 6.61 Å². The van der Waals surface area contributed by atoms with Crippen LogP contribution in [0.4, 0.5) is 0 Å². The second kappa shape index (κ2) is 5.19. The lowest BCUT2D eigenvalue weighted by atomic mass is 10.2. The van der Waals surface area contributed by atoms with Crippen LogP contribution >= 0.6 is 7.82 Å². The van der Waals surface area contributed by atoms with E-state index in [-0.39, 0.29) is 13.0 Å². The van der Waals surface area contributed by atoms with Crippen molar-refractivity contribution in [2.45, 2.75) is 38.2 Å². The highest BCUT2D eigenvalue weighted by Crippen LogP contribution is 2.52. The van der Waals surface area contributed by atoms with Crippen LogP contribution in [0.2, 0.25) is 0 Å². The summed E-state index contributed by atoms with van der Waals surface area (Å²) in [5.74, 6) is 0. The van der Waals surface area contributed by atoms with Crippen LogP contribution in [0.25, 0.3) is 0 Å². The van der Waals surface area contributed by atoms with Gasteiger partial charge in [-0.15, -0.1) is 0 Å². The van der Waals surface area contributed by atoms with Crippen molar-refractivity contribution in [3.63, 3.8) is 0 Å². The first-order valence-electron chi connectivity index (χ1n) is 6.55. The number of aryl methyl sites for hydroxylation is 1. The standard InChI is InChI=1S/C11H15N2O7P/c1-2-6-4-13(11(15)12-10(6)14)9-3-7-8(19-9)5-18-21(16,17)20-7/h4,7-9H,2-3,5H2,1H3,(H,16,17)(H,12,14,15)/t7?,8?,9-/m1/s1. The van der Waals surface area contributed by atoms with Gasteiger partial charge in [-0.05, 0) is 6.42 Å². The monoisotopic (exact) mass is 318 g/mol. The van der Waals surface area contributed by atoms with Gasteiger partial charge in [0, 0.05) is 18.2 Å². The third-order valence-electron chi connectivity index (χ3n) is 3.58. The molecule has 0 aliphatic carbocycles. The van der Waals surface area contributed by atoms with E-state index in [4.69, 9.17) is 9.26 Å². The molecule has 0 radical (unpaired) electrons. The number of rotatable bonds is 2. The van der Waals surface area contributed by atoms with Crippen LogP contribution in [0, 0.1) is 0 Å². The van der Waals surface area contributed by atoms with Gasteiger partial charge in [0.05, 0.1) is 6.61 Å². The molecule has 2 aliphatic heterocycles. The number of hydrogen-bond donors (Lipinski definition) is 2.